The first-order chi connectivity index (χ1) is 7.27. The number of rotatable bonds is 0. The molecule has 0 saturated carbocycles. The molecule has 0 bridgehead atoms. The minimum atomic E-state index is 0.195. The Morgan fingerprint density at radius 2 is 2.07 bits per heavy atom. The molecule has 0 unspecified atom stereocenters. The van der Waals surface area contributed by atoms with Crippen LogP contribution < -0.4 is 0 Å². The number of hydrogen-bond donors (Lipinski definition) is 0. The van der Waals surface area contributed by atoms with Crippen LogP contribution in [0, 0.1) is 0 Å². The molecule has 1 aliphatic heterocycles. The minimum Gasteiger partial charge on any atom is -0.293 e. The Labute approximate surface area is 96.4 Å². The van der Waals surface area contributed by atoms with Gasteiger partial charge in [0.25, 0.3) is 0 Å². The third-order valence-corrected chi connectivity index (χ3v) is 4.00. The molecule has 1 heterocycles. The predicted molar refractivity (Wildman–Crippen MR) is 64.0 cm³/mol. The van der Waals surface area contributed by atoms with Gasteiger partial charge in [-0.1, -0.05) is 29.8 Å². The molecule has 3 rings (SSSR count). The number of carbonyl (C=O) groups excluding carboxylic acids is 1. The van der Waals surface area contributed by atoms with Gasteiger partial charge in [0.15, 0.2) is 5.78 Å². The van der Waals surface area contributed by atoms with Crippen molar-refractivity contribution in [2.45, 2.75) is 4.90 Å². The highest BCUT2D eigenvalue weighted by Crippen LogP contribution is 2.38. The second-order valence-corrected chi connectivity index (χ2v) is 4.91. The number of carbonyl (C=O) groups is 1. The maximum atomic E-state index is 11.7. The van der Waals surface area contributed by atoms with Gasteiger partial charge in [-0.25, -0.2) is 0 Å². The van der Waals surface area contributed by atoms with Crippen LogP contribution in [-0.4, -0.2) is 11.5 Å². The van der Waals surface area contributed by atoms with Crippen molar-refractivity contribution in [2.75, 3.05) is 5.75 Å². The quantitative estimate of drug-likeness (QED) is 0.690. The monoisotopic (exact) mass is 234 g/mol. The lowest BCUT2D eigenvalue weighted by Crippen LogP contribution is -2.08. The van der Waals surface area contributed by atoms with Gasteiger partial charge in [-0.05, 0) is 12.1 Å². The molecule has 15 heavy (non-hydrogen) atoms. The fourth-order valence-corrected chi connectivity index (χ4v) is 3.10. The molecule has 0 aliphatic carbocycles. The molecule has 3 heteroatoms. The molecule has 74 valence electrons. The summed E-state index contributed by atoms with van der Waals surface area (Å²) in [7, 11) is 0. The van der Waals surface area contributed by atoms with E-state index in [1.165, 1.54) is 0 Å². The van der Waals surface area contributed by atoms with Crippen LogP contribution in [0.5, 0.6) is 0 Å². The highest BCUT2D eigenvalue weighted by Gasteiger charge is 2.19. The molecule has 0 fully saturated rings. The van der Waals surface area contributed by atoms with Crippen molar-refractivity contribution in [2.24, 2.45) is 0 Å². The van der Waals surface area contributed by atoms with E-state index in [2.05, 4.69) is 0 Å². The van der Waals surface area contributed by atoms with E-state index in [-0.39, 0.29) is 5.78 Å². The van der Waals surface area contributed by atoms with Gasteiger partial charge in [-0.2, -0.15) is 0 Å². The maximum Gasteiger partial charge on any atom is 0.173 e. The van der Waals surface area contributed by atoms with Crippen LogP contribution in [-0.2, 0) is 0 Å². The first-order valence-corrected chi connectivity index (χ1v) is 6.01. The van der Waals surface area contributed by atoms with Gasteiger partial charge in [0.1, 0.15) is 0 Å². The first kappa shape index (κ1) is 9.25. The lowest BCUT2D eigenvalue weighted by atomic mass is 10.0. The van der Waals surface area contributed by atoms with Crippen LogP contribution in [0.4, 0.5) is 0 Å². The van der Waals surface area contributed by atoms with E-state index in [9.17, 15) is 4.79 Å². The van der Waals surface area contributed by atoms with Gasteiger partial charge in [-0.15, -0.1) is 11.8 Å². The Hall–Kier alpha value is -0.990. The summed E-state index contributed by atoms with van der Waals surface area (Å²) < 4.78 is 0. The van der Waals surface area contributed by atoms with Gasteiger partial charge in [-0.3, -0.25) is 4.79 Å². The second-order valence-electron chi connectivity index (χ2n) is 3.49. The zero-order chi connectivity index (χ0) is 10.4. The first-order valence-electron chi connectivity index (χ1n) is 4.64. The van der Waals surface area contributed by atoms with E-state index in [4.69, 9.17) is 11.6 Å². The van der Waals surface area contributed by atoms with Gasteiger partial charge in [0.2, 0.25) is 0 Å². The van der Waals surface area contributed by atoms with Crippen LogP contribution in [0.1, 0.15) is 10.4 Å². The smallest absolute Gasteiger partial charge is 0.173 e. The third-order valence-electron chi connectivity index (χ3n) is 2.61. The maximum absolute atomic E-state index is 11.7. The van der Waals surface area contributed by atoms with Crippen molar-refractivity contribution in [1.29, 1.82) is 0 Å². The molecule has 0 atom stereocenters. The zero-order valence-corrected chi connectivity index (χ0v) is 9.36. The Balaban J connectivity index is 2.53. The van der Waals surface area contributed by atoms with Crippen molar-refractivity contribution >= 4 is 39.9 Å². The second kappa shape index (κ2) is 3.26. The summed E-state index contributed by atoms with van der Waals surface area (Å²) in [5.74, 6) is 0.730. The van der Waals surface area contributed by atoms with Crippen LogP contribution in [0.2, 0.25) is 5.02 Å². The van der Waals surface area contributed by atoms with Gasteiger partial charge in [0.05, 0.1) is 5.75 Å². The topological polar surface area (TPSA) is 17.1 Å². The van der Waals surface area contributed by atoms with Crippen molar-refractivity contribution < 1.29 is 4.79 Å². The number of benzene rings is 2. The van der Waals surface area contributed by atoms with Gasteiger partial charge < -0.3 is 0 Å². The van der Waals surface area contributed by atoms with E-state index in [1.54, 1.807) is 11.8 Å². The molecule has 2 aromatic rings. The average molecular weight is 235 g/mol. The van der Waals surface area contributed by atoms with Crippen LogP contribution in [0.3, 0.4) is 0 Å². The molecular weight excluding hydrogens is 228 g/mol. The Kier molecular flexibility index (Phi) is 2.01. The predicted octanol–water partition coefficient (Wildman–Crippen LogP) is 3.78. The van der Waals surface area contributed by atoms with E-state index in [1.807, 2.05) is 30.3 Å². The number of ketones is 1. The summed E-state index contributed by atoms with van der Waals surface area (Å²) in [4.78, 5) is 12.9. The summed E-state index contributed by atoms with van der Waals surface area (Å²) in [6, 6.07) is 9.62. The Bertz CT molecular complexity index is 577. The average Bonchev–Trinajstić information content (AvgIpc) is 2.27. The number of Topliss-reactive ketones (excluding diaryl/α,β-unsaturated/α-hetero) is 1. The van der Waals surface area contributed by atoms with Crippen LogP contribution in [0.15, 0.2) is 35.2 Å². The van der Waals surface area contributed by atoms with Crippen LogP contribution >= 0.6 is 23.4 Å². The highest BCUT2D eigenvalue weighted by molar-refractivity contribution is 8.00. The SMILES string of the molecule is O=C1CSc2ccc(Cl)c3cccc1c23. The summed E-state index contributed by atoms with van der Waals surface area (Å²) in [5.41, 5.74) is 0.809. The summed E-state index contributed by atoms with van der Waals surface area (Å²) in [6.07, 6.45) is 0. The van der Waals surface area contributed by atoms with E-state index in [0.29, 0.717) is 10.8 Å². The molecule has 1 nitrogen and oxygen atoms in total. The van der Waals surface area contributed by atoms with Crippen molar-refractivity contribution in [3.05, 3.63) is 40.9 Å². The largest absolute Gasteiger partial charge is 0.293 e. The normalized spacial score (nSPS) is 14.6. The molecule has 0 saturated heterocycles. The lowest BCUT2D eigenvalue weighted by Gasteiger charge is -2.16. The lowest BCUT2D eigenvalue weighted by molar-refractivity contribution is 0.102. The fourth-order valence-electron chi connectivity index (χ4n) is 1.91. The Morgan fingerprint density at radius 1 is 1.20 bits per heavy atom. The molecule has 0 spiro atoms. The van der Waals surface area contributed by atoms with Crippen molar-refractivity contribution in [1.82, 2.24) is 0 Å². The zero-order valence-electron chi connectivity index (χ0n) is 7.79. The van der Waals surface area contributed by atoms with Gasteiger partial charge in [0, 0.05) is 26.3 Å². The number of halogens is 1. The van der Waals surface area contributed by atoms with Gasteiger partial charge >= 0.3 is 0 Å². The fraction of sp³-hybridized carbons (Fsp3) is 0.0833. The highest BCUT2D eigenvalue weighted by atomic mass is 35.5. The summed E-state index contributed by atoms with van der Waals surface area (Å²) in [5, 5.41) is 2.71. The molecule has 1 aliphatic rings. The van der Waals surface area contributed by atoms with Crippen molar-refractivity contribution in [3.8, 4) is 0 Å². The van der Waals surface area contributed by atoms with Crippen molar-refractivity contribution in [3.63, 3.8) is 0 Å². The van der Waals surface area contributed by atoms with E-state index >= 15 is 0 Å². The summed E-state index contributed by atoms with van der Waals surface area (Å²) in [6.45, 7) is 0. The van der Waals surface area contributed by atoms with E-state index < -0.39 is 0 Å². The molecule has 0 N–H and O–H groups in total. The third kappa shape index (κ3) is 1.29. The molecule has 0 amide bonds. The Morgan fingerprint density at radius 3 is 2.93 bits per heavy atom. The van der Waals surface area contributed by atoms with E-state index in [0.717, 1.165) is 21.2 Å². The molecule has 0 aromatic heterocycles. The molecule has 2 aromatic carbocycles. The minimum absolute atomic E-state index is 0.195. The van der Waals surface area contributed by atoms with Crippen LogP contribution in [0.25, 0.3) is 10.8 Å². The number of hydrogen-bond acceptors (Lipinski definition) is 2. The standard InChI is InChI=1S/C12H7ClOS/c13-9-4-5-11-12-7(9)2-1-3-8(12)10(14)6-15-11/h1-5H,6H2. The number of thioether (sulfide) groups is 1. The molecular formula is C12H7ClOS. The molecule has 0 radical (unpaired) electrons. The summed E-state index contributed by atoms with van der Waals surface area (Å²) >= 11 is 7.70.